The van der Waals surface area contributed by atoms with Gasteiger partial charge in [0.25, 0.3) is 6.21 Å². The molecule has 0 fully saturated rings. The van der Waals surface area contributed by atoms with Gasteiger partial charge in [-0.3, -0.25) is 0 Å². The first-order valence-corrected chi connectivity index (χ1v) is 2.78. The first-order valence-electron chi connectivity index (χ1n) is 1.50. The Kier molecular flexibility index (Phi) is 3.40. The molecule has 1 N–H and O–H groups in total. The Morgan fingerprint density at radius 2 is 2.57 bits per heavy atom. The van der Waals surface area contributed by atoms with Crippen LogP contribution in [0.1, 0.15) is 0 Å². The summed E-state index contributed by atoms with van der Waals surface area (Å²) in [5, 5.41) is 0. The van der Waals surface area contributed by atoms with Crippen LogP contribution in [0.3, 0.4) is 0 Å². The second-order valence-corrected chi connectivity index (χ2v) is 1.76. The zero-order valence-electron chi connectivity index (χ0n) is 3.44. The third-order valence-electron chi connectivity index (χ3n) is 0.299. The Bertz CT molecular complexity index is 117. The quantitative estimate of drug-likeness (QED) is 0.231. The van der Waals surface area contributed by atoms with Gasteiger partial charge in [0.2, 0.25) is 0 Å². The molecule has 0 amide bonds. The van der Waals surface area contributed by atoms with Gasteiger partial charge in [-0.15, -0.1) is 0 Å². The summed E-state index contributed by atoms with van der Waals surface area (Å²) >= 11 is -1.87. The average Bonchev–Trinajstić information content (AvgIpc) is 1.61. The Morgan fingerprint density at radius 1 is 2.00 bits per heavy atom. The highest BCUT2D eigenvalue weighted by Gasteiger charge is 1.88. The van der Waals surface area contributed by atoms with Crippen LogP contribution >= 0.6 is 0 Å². The summed E-state index contributed by atoms with van der Waals surface area (Å²) < 4.78 is 17.6. The average molecular weight is 120 g/mol. The van der Waals surface area contributed by atoms with Gasteiger partial charge in [-0.05, 0) is 0 Å². The molecule has 0 aromatic rings. The standard InChI is InChI=1S/C2H4N2O2S/c3-4-1-2-7(5)6/h1H,2H2,(H,5,6). The summed E-state index contributed by atoms with van der Waals surface area (Å²) in [6.07, 6.45) is 0.954. The monoisotopic (exact) mass is 120 g/mol. The molecule has 0 aliphatic rings. The largest absolute Gasteiger partial charge is 0.362 e. The lowest BCUT2D eigenvalue weighted by molar-refractivity contribution is 0.00322. The lowest BCUT2D eigenvalue weighted by Crippen LogP contribution is -1.94. The first-order chi connectivity index (χ1) is 3.27. The highest BCUT2D eigenvalue weighted by Crippen LogP contribution is 1.62. The minimum absolute atomic E-state index is 0.115. The topological polar surface area (TPSA) is 73.7 Å². The number of nitrogens with zero attached hydrogens (tertiary/aromatic N) is 2. The van der Waals surface area contributed by atoms with Crippen LogP contribution in [0.5, 0.6) is 0 Å². The summed E-state index contributed by atoms with van der Waals surface area (Å²) in [5.41, 5.74) is 7.64. The lowest BCUT2D eigenvalue weighted by Gasteiger charge is -1.71. The molecule has 40 valence electrons. The second-order valence-electron chi connectivity index (χ2n) is 0.786. The predicted molar refractivity (Wildman–Crippen MR) is 25.3 cm³/mol. The van der Waals surface area contributed by atoms with Crippen molar-refractivity contribution in [2.24, 2.45) is 0 Å². The SMILES string of the molecule is [N-]=[N+]=CCS(=O)O. The van der Waals surface area contributed by atoms with E-state index in [-0.39, 0.29) is 5.75 Å². The summed E-state index contributed by atoms with van der Waals surface area (Å²) in [5.74, 6) is -0.115. The van der Waals surface area contributed by atoms with Gasteiger partial charge in [-0.1, -0.05) is 0 Å². The molecule has 5 heteroatoms. The zero-order chi connectivity index (χ0) is 5.70. The van der Waals surface area contributed by atoms with Crippen molar-refractivity contribution in [1.82, 2.24) is 0 Å². The van der Waals surface area contributed by atoms with E-state index in [1.165, 1.54) is 0 Å². The van der Waals surface area contributed by atoms with Crippen LogP contribution in [0.15, 0.2) is 0 Å². The zero-order valence-corrected chi connectivity index (χ0v) is 4.26. The number of hydrogen-bond donors (Lipinski definition) is 1. The molecule has 0 aliphatic carbocycles. The highest BCUT2D eigenvalue weighted by molar-refractivity contribution is 7.79. The molecule has 0 radical (unpaired) electrons. The van der Waals surface area contributed by atoms with Crippen molar-refractivity contribution in [3.63, 3.8) is 0 Å². The molecule has 1 unspecified atom stereocenters. The normalized spacial score (nSPS) is 12.1. The number of hydrogen-bond acceptors (Lipinski definition) is 1. The van der Waals surface area contributed by atoms with Crippen molar-refractivity contribution < 1.29 is 13.6 Å². The maximum Gasteiger partial charge on any atom is 0.272 e. The van der Waals surface area contributed by atoms with Crippen LogP contribution in [-0.2, 0) is 11.1 Å². The summed E-state index contributed by atoms with van der Waals surface area (Å²) in [7, 11) is 0. The molecular weight excluding hydrogens is 116 g/mol. The van der Waals surface area contributed by atoms with Crippen LogP contribution in [0.4, 0.5) is 0 Å². The van der Waals surface area contributed by atoms with E-state index < -0.39 is 11.1 Å². The molecule has 0 bridgehead atoms. The Balaban J connectivity index is 3.32. The molecule has 0 aromatic carbocycles. The van der Waals surface area contributed by atoms with Gasteiger partial charge in [0.05, 0.1) is 0 Å². The minimum Gasteiger partial charge on any atom is -0.362 e. The maximum atomic E-state index is 9.67. The molecular formula is C2H4N2O2S. The summed E-state index contributed by atoms with van der Waals surface area (Å²) in [6.45, 7) is 0. The Morgan fingerprint density at radius 3 is 2.71 bits per heavy atom. The molecule has 0 heterocycles. The van der Waals surface area contributed by atoms with Gasteiger partial charge >= 0.3 is 0 Å². The van der Waals surface area contributed by atoms with Crippen LogP contribution in [0.2, 0.25) is 0 Å². The van der Waals surface area contributed by atoms with E-state index in [9.17, 15) is 4.21 Å². The van der Waals surface area contributed by atoms with E-state index in [0.717, 1.165) is 6.21 Å². The summed E-state index contributed by atoms with van der Waals surface area (Å²) in [6, 6.07) is 0. The van der Waals surface area contributed by atoms with Crippen LogP contribution < -0.4 is 0 Å². The van der Waals surface area contributed by atoms with Crippen molar-refractivity contribution in [2.75, 3.05) is 5.75 Å². The fraction of sp³-hybridized carbons (Fsp3) is 0.500. The molecule has 4 nitrogen and oxygen atoms in total. The van der Waals surface area contributed by atoms with E-state index in [0.29, 0.717) is 0 Å². The van der Waals surface area contributed by atoms with Gasteiger partial charge in [0.1, 0.15) is 5.75 Å². The van der Waals surface area contributed by atoms with E-state index in [1.54, 1.807) is 0 Å². The fourth-order valence-electron chi connectivity index (χ4n) is 0.0971. The molecule has 1 atom stereocenters. The van der Waals surface area contributed by atoms with Crippen molar-refractivity contribution in [1.29, 1.82) is 0 Å². The third-order valence-corrected chi connectivity index (χ3v) is 0.733. The van der Waals surface area contributed by atoms with Crippen LogP contribution in [0.25, 0.3) is 5.53 Å². The smallest absolute Gasteiger partial charge is 0.272 e. The van der Waals surface area contributed by atoms with Gasteiger partial charge in [-0.2, -0.15) is 4.79 Å². The Hall–Kier alpha value is -0.510. The van der Waals surface area contributed by atoms with Crippen molar-refractivity contribution >= 4 is 17.3 Å². The van der Waals surface area contributed by atoms with Crippen molar-refractivity contribution in [3.8, 4) is 0 Å². The van der Waals surface area contributed by atoms with Gasteiger partial charge in [0.15, 0.2) is 11.1 Å². The van der Waals surface area contributed by atoms with Gasteiger partial charge in [-0.25, -0.2) is 4.21 Å². The molecule has 0 rings (SSSR count). The maximum absolute atomic E-state index is 9.67. The van der Waals surface area contributed by atoms with E-state index >= 15 is 0 Å². The first kappa shape index (κ1) is 6.49. The molecule has 0 aliphatic heterocycles. The fourth-order valence-corrected chi connectivity index (χ4v) is 0.291. The van der Waals surface area contributed by atoms with Crippen molar-refractivity contribution in [2.45, 2.75) is 0 Å². The minimum atomic E-state index is -1.87. The molecule has 0 saturated heterocycles. The molecule has 0 spiro atoms. The predicted octanol–water partition coefficient (Wildman–Crippen LogP) is -0.491. The van der Waals surface area contributed by atoms with E-state index in [2.05, 4.69) is 4.79 Å². The highest BCUT2D eigenvalue weighted by atomic mass is 32.2. The third kappa shape index (κ3) is 5.49. The lowest BCUT2D eigenvalue weighted by atomic mass is 10.9. The molecule has 0 aromatic heterocycles. The molecule has 7 heavy (non-hydrogen) atoms. The van der Waals surface area contributed by atoms with Gasteiger partial charge < -0.3 is 10.1 Å². The summed E-state index contributed by atoms with van der Waals surface area (Å²) in [4.78, 5) is 2.50. The number of rotatable bonds is 2. The van der Waals surface area contributed by atoms with Crippen molar-refractivity contribution in [3.05, 3.63) is 5.53 Å². The van der Waals surface area contributed by atoms with E-state index in [1.807, 2.05) is 0 Å². The molecule has 0 saturated carbocycles. The van der Waals surface area contributed by atoms with Crippen LogP contribution in [-0.4, -0.2) is 25.5 Å². The Labute approximate surface area is 43.1 Å². The second kappa shape index (κ2) is 3.67. The van der Waals surface area contributed by atoms with Crippen LogP contribution in [0, 0.1) is 0 Å². The van der Waals surface area contributed by atoms with E-state index in [4.69, 9.17) is 10.1 Å². The van der Waals surface area contributed by atoms with Gasteiger partial charge in [0, 0.05) is 0 Å².